The summed E-state index contributed by atoms with van der Waals surface area (Å²) in [5.74, 6) is -0.928. The molecule has 1 aromatic rings. The maximum Gasteiger partial charge on any atom is 0.407 e. The van der Waals surface area contributed by atoms with Crippen molar-refractivity contribution in [2.75, 3.05) is 13.7 Å². The Labute approximate surface area is 160 Å². The van der Waals surface area contributed by atoms with E-state index in [4.69, 9.17) is 9.47 Å². The van der Waals surface area contributed by atoms with Crippen LogP contribution in [0.2, 0.25) is 0 Å². The maximum absolute atomic E-state index is 12.0. The van der Waals surface area contributed by atoms with E-state index >= 15 is 0 Å². The van der Waals surface area contributed by atoms with E-state index < -0.39 is 29.6 Å². The standard InChI is InChI=1S/C20H28N2O5/c1-20(2,3)27-19(25)21-14-8-11-16(18(24)26-4)22-17(23)13-12-15-9-6-5-7-10-15/h5-7,9-10,12-13,16H,8,11,14H2,1-4H3,(H,21,25)(H,22,23)/t16-/m0/s1. The number of alkyl carbamates (subject to hydrolysis) is 1. The van der Waals surface area contributed by atoms with Crippen LogP contribution in [0.3, 0.4) is 0 Å². The summed E-state index contributed by atoms with van der Waals surface area (Å²) in [6.45, 7) is 5.65. The van der Waals surface area contributed by atoms with Crippen molar-refractivity contribution < 1.29 is 23.9 Å². The Morgan fingerprint density at radius 3 is 2.41 bits per heavy atom. The van der Waals surface area contributed by atoms with Crippen molar-refractivity contribution in [3.8, 4) is 0 Å². The van der Waals surface area contributed by atoms with Gasteiger partial charge in [-0.3, -0.25) is 4.79 Å². The quantitative estimate of drug-likeness (QED) is 0.413. The van der Waals surface area contributed by atoms with Gasteiger partial charge in [-0.05, 0) is 45.3 Å². The van der Waals surface area contributed by atoms with Crippen LogP contribution >= 0.6 is 0 Å². The second-order valence-electron chi connectivity index (χ2n) is 6.90. The Morgan fingerprint density at radius 2 is 1.81 bits per heavy atom. The molecule has 0 saturated carbocycles. The van der Waals surface area contributed by atoms with Gasteiger partial charge in [0.05, 0.1) is 7.11 Å². The van der Waals surface area contributed by atoms with Crippen molar-refractivity contribution in [2.45, 2.75) is 45.3 Å². The largest absolute Gasteiger partial charge is 0.467 e. The van der Waals surface area contributed by atoms with Crippen LogP contribution in [0, 0.1) is 0 Å². The first-order chi connectivity index (χ1) is 12.7. The molecule has 1 atom stereocenters. The Balaban J connectivity index is 2.46. The minimum Gasteiger partial charge on any atom is -0.467 e. The van der Waals surface area contributed by atoms with Crippen LogP contribution in [-0.4, -0.2) is 43.3 Å². The fourth-order valence-electron chi connectivity index (χ4n) is 2.16. The average molecular weight is 376 g/mol. The number of ether oxygens (including phenoxy) is 2. The first kappa shape index (κ1) is 22.2. The van der Waals surface area contributed by atoms with Crippen LogP contribution in [0.4, 0.5) is 4.79 Å². The fourth-order valence-corrected chi connectivity index (χ4v) is 2.16. The van der Waals surface area contributed by atoms with Gasteiger partial charge in [0, 0.05) is 12.6 Å². The predicted octanol–water partition coefficient (Wildman–Crippen LogP) is 2.66. The molecule has 7 nitrogen and oxygen atoms in total. The molecule has 0 bridgehead atoms. The molecule has 0 spiro atoms. The zero-order valence-electron chi connectivity index (χ0n) is 16.3. The van der Waals surface area contributed by atoms with E-state index in [0.29, 0.717) is 19.4 Å². The van der Waals surface area contributed by atoms with Gasteiger partial charge in [0.15, 0.2) is 0 Å². The molecule has 0 radical (unpaired) electrons. The zero-order valence-corrected chi connectivity index (χ0v) is 16.3. The second kappa shape index (κ2) is 11.0. The lowest BCUT2D eigenvalue weighted by atomic mass is 10.1. The molecule has 0 heterocycles. The SMILES string of the molecule is COC(=O)[C@H](CCCNC(=O)OC(C)(C)C)NC(=O)C=Cc1ccccc1. The minimum absolute atomic E-state index is 0.318. The molecular weight excluding hydrogens is 348 g/mol. The van der Waals surface area contributed by atoms with E-state index in [1.807, 2.05) is 30.3 Å². The maximum atomic E-state index is 12.0. The molecule has 27 heavy (non-hydrogen) atoms. The van der Waals surface area contributed by atoms with E-state index in [1.54, 1.807) is 26.8 Å². The summed E-state index contributed by atoms with van der Waals surface area (Å²) in [7, 11) is 1.26. The summed E-state index contributed by atoms with van der Waals surface area (Å²) in [6, 6.07) is 8.56. The van der Waals surface area contributed by atoms with Crippen LogP contribution in [0.1, 0.15) is 39.2 Å². The molecule has 7 heteroatoms. The molecule has 0 aliphatic rings. The number of carbonyl (C=O) groups is 3. The zero-order chi connectivity index (χ0) is 20.3. The normalized spacial score (nSPS) is 12.3. The fraction of sp³-hybridized carbons (Fsp3) is 0.450. The number of methoxy groups -OCH3 is 1. The monoisotopic (exact) mass is 376 g/mol. The summed E-state index contributed by atoms with van der Waals surface area (Å²) in [5, 5.41) is 5.23. The first-order valence-electron chi connectivity index (χ1n) is 8.79. The van der Waals surface area contributed by atoms with Gasteiger partial charge in [0.2, 0.25) is 5.91 Å². The lowest BCUT2D eigenvalue weighted by Crippen LogP contribution is -2.41. The molecule has 0 aliphatic heterocycles. The number of esters is 1. The number of rotatable bonds is 8. The van der Waals surface area contributed by atoms with E-state index in [0.717, 1.165) is 5.56 Å². The highest BCUT2D eigenvalue weighted by atomic mass is 16.6. The van der Waals surface area contributed by atoms with Crippen LogP contribution in [-0.2, 0) is 19.1 Å². The summed E-state index contributed by atoms with van der Waals surface area (Å²) in [6.07, 6.45) is 3.31. The van der Waals surface area contributed by atoms with Crippen molar-refractivity contribution in [2.24, 2.45) is 0 Å². The molecule has 0 aromatic heterocycles. The summed E-state index contributed by atoms with van der Waals surface area (Å²) in [5.41, 5.74) is 0.307. The lowest BCUT2D eigenvalue weighted by molar-refractivity contribution is -0.144. The van der Waals surface area contributed by atoms with Crippen molar-refractivity contribution in [1.82, 2.24) is 10.6 Å². The van der Waals surface area contributed by atoms with Gasteiger partial charge >= 0.3 is 12.1 Å². The van der Waals surface area contributed by atoms with E-state index in [9.17, 15) is 14.4 Å². The second-order valence-corrected chi connectivity index (χ2v) is 6.90. The summed E-state index contributed by atoms with van der Waals surface area (Å²) in [4.78, 5) is 35.5. The predicted molar refractivity (Wildman–Crippen MR) is 103 cm³/mol. The van der Waals surface area contributed by atoms with E-state index in [-0.39, 0.29) is 0 Å². The number of carbonyl (C=O) groups excluding carboxylic acids is 3. The minimum atomic E-state index is -0.789. The number of amides is 2. The summed E-state index contributed by atoms with van der Waals surface area (Å²) >= 11 is 0. The van der Waals surface area contributed by atoms with E-state index in [2.05, 4.69) is 10.6 Å². The van der Waals surface area contributed by atoms with Crippen molar-refractivity contribution in [1.29, 1.82) is 0 Å². The molecule has 0 saturated heterocycles. The first-order valence-corrected chi connectivity index (χ1v) is 8.79. The van der Waals surface area contributed by atoms with Crippen LogP contribution < -0.4 is 10.6 Å². The Hall–Kier alpha value is -2.83. The number of hydrogen-bond acceptors (Lipinski definition) is 5. The highest BCUT2D eigenvalue weighted by molar-refractivity contribution is 5.94. The number of benzene rings is 1. The summed E-state index contributed by atoms with van der Waals surface area (Å²) < 4.78 is 9.86. The highest BCUT2D eigenvalue weighted by Gasteiger charge is 2.20. The van der Waals surface area contributed by atoms with Crippen LogP contribution in [0.25, 0.3) is 6.08 Å². The highest BCUT2D eigenvalue weighted by Crippen LogP contribution is 2.07. The Morgan fingerprint density at radius 1 is 1.15 bits per heavy atom. The Bertz CT molecular complexity index is 650. The topological polar surface area (TPSA) is 93.7 Å². The molecular formula is C20H28N2O5. The van der Waals surface area contributed by atoms with Gasteiger partial charge in [-0.1, -0.05) is 30.3 Å². The molecule has 1 rings (SSSR count). The van der Waals surface area contributed by atoms with Gasteiger partial charge in [0.25, 0.3) is 0 Å². The van der Waals surface area contributed by atoms with Crippen molar-refractivity contribution in [3.63, 3.8) is 0 Å². The molecule has 1 aromatic carbocycles. The van der Waals surface area contributed by atoms with Crippen LogP contribution in [0.5, 0.6) is 0 Å². The molecule has 148 valence electrons. The van der Waals surface area contributed by atoms with Crippen LogP contribution in [0.15, 0.2) is 36.4 Å². The average Bonchev–Trinajstić information content (AvgIpc) is 2.61. The molecule has 2 N–H and O–H groups in total. The van der Waals surface area contributed by atoms with E-state index in [1.165, 1.54) is 13.2 Å². The van der Waals surface area contributed by atoms with Gasteiger partial charge in [-0.25, -0.2) is 9.59 Å². The number of hydrogen-bond donors (Lipinski definition) is 2. The third kappa shape index (κ3) is 10.0. The molecule has 0 aliphatic carbocycles. The van der Waals surface area contributed by atoms with Crippen molar-refractivity contribution in [3.05, 3.63) is 42.0 Å². The third-order valence-corrected chi connectivity index (χ3v) is 3.37. The molecule has 0 fully saturated rings. The van der Waals surface area contributed by atoms with Gasteiger partial charge < -0.3 is 20.1 Å². The van der Waals surface area contributed by atoms with Gasteiger partial charge in [-0.15, -0.1) is 0 Å². The Kier molecular flexibility index (Phi) is 9.05. The lowest BCUT2D eigenvalue weighted by Gasteiger charge is -2.20. The third-order valence-electron chi connectivity index (χ3n) is 3.37. The van der Waals surface area contributed by atoms with Gasteiger partial charge in [-0.2, -0.15) is 0 Å². The molecule has 2 amide bonds. The van der Waals surface area contributed by atoms with Gasteiger partial charge in [0.1, 0.15) is 11.6 Å². The smallest absolute Gasteiger partial charge is 0.407 e. The van der Waals surface area contributed by atoms with Crippen molar-refractivity contribution >= 4 is 24.0 Å². The number of nitrogens with one attached hydrogen (secondary N) is 2. The molecule has 0 unspecified atom stereocenters.